The van der Waals surface area contributed by atoms with Crippen molar-refractivity contribution in [1.29, 1.82) is 0 Å². The van der Waals surface area contributed by atoms with Gasteiger partial charge in [-0.15, -0.1) is 22.9 Å². The summed E-state index contributed by atoms with van der Waals surface area (Å²) in [5.74, 6) is -1.18. The van der Waals surface area contributed by atoms with Crippen molar-refractivity contribution in [1.82, 2.24) is 0 Å². The number of benzene rings is 1. The van der Waals surface area contributed by atoms with E-state index in [9.17, 15) is 8.78 Å². The molecule has 0 aliphatic heterocycles. The van der Waals surface area contributed by atoms with E-state index in [1.165, 1.54) is 42.5 Å². The predicted octanol–water partition coefficient (Wildman–Crippen LogP) is 5.24. The zero-order valence-corrected chi connectivity index (χ0v) is 13.2. The summed E-state index contributed by atoms with van der Waals surface area (Å²) in [5.41, 5.74) is 1.18. The van der Waals surface area contributed by atoms with Gasteiger partial charge in [-0.25, -0.2) is 8.78 Å². The van der Waals surface area contributed by atoms with Crippen LogP contribution in [-0.2, 0) is 12.8 Å². The van der Waals surface area contributed by atoms with E-state index in [1.807, 2.05) is 6.07 Å². The highest BCUT2D eigenvalue weighted by atomic mass is 35.5. The van der Waals surface area contributed by atoms with Crippen molar-refractivity contribution in [2.75, 3.05) is 7.11 Å². The van der Waals surface area contributed by atoms with Crippen LogP contribution in [0.25, 0.3) is 0 Å². The minimum absolute atomic E-state index is 0.101. The zero-order valence-electron chi connectivity index (χ0n) is 11.6. The molecule has 0 saturated carbocycles. The normalized spacial score (nSPS) is 15.6. The third-order valence-corrected chi connectivity index (χ3v) is 5.69. The fraction of sp³-hybridized carbons (Fsp3) is 0.375. The molecule has 1 heterocycles. The zero-order chi connectivity index (χ0) is 15.0. The van der Waals surface area contributed by atoms with Crippen molar-refractivity contribution in [3.8, 4) is 5.75 Å². The lowest BCUT2D eigenvalue weighted by molar-refractivity contribution is 0.405. The number of alkyl halides is 1. The molecule has 1 aromatic carbocycles. The van der Waals surface area contributed by atoms with Gasteiger partial charge in [0, 0.05) is 27.5 Å². The fourth-order valence-corrected chi connectivity index (χ4v) is 4.35. The average Bonchev–Trinajstić information content (AvgIpc) is 2.90. The second-order valence-electron chi connectivity index (χ2n) is 5.17. The van der Waals surface area contributed by atoms with Gasteiger partial charge in [0.15, 0.2) is 0 Å². The first-order valence-corrected chi connectivity index (χ1v) is 8.14. The van der Waals surface area contributed by atoms with E-state index in [-0.39, 0.29) is 11.3 Å². The Bertz CT molecular complexity index is 622. The first-order valence-electron chi connectivity index (χ1n) is 6.88. The van der Waals surface area contributed by atoms with Crippen LogP contribution in [0, 0.1) is 11.6 Å². The maximum Gasteiger partial charge on any atom is 0.134 e. The van der Waals surface area contributed by atoms with Gasteiger partial charge in [-0.05, 0) is 37.3 Å². The minimum Gasteiger partial charge on any atom is -0.497 e. The quantitative estimate of drug-likeness (QED) is 0.700. The Morgan fingerprint density at radius 3 is 2.43 bits per heavy atom. The Balaban J connectivity index is 1.98. The molecule has 21 heavy (non-hydrogen) atoms. The molecule has 1 aliphatic carbocycles. The van der Waals surface area contributed by atoms with E-state index in [0.29, 0.717) is 0 Å². The van der Waals surface area contributed by atoms with E-state index in [2.05, 4.69) is 0 Å². The van der Waals surface area contributed by atoms with Crippen LogP contribution in [0.2, 0.25) is 0 Å². The summed E-state index contributed by atoms with van der Waals surface area (Å²) >= 11 is 7.92. The van der Waals surface area contributed by atoms with Gasteiger partial charge >= 0.3 is 0 Å². The van der Waals surface area contributed by atoms with Gasteiger partial charge < -0.3 is 4.74 Å². The van der Waals surface area contributed by atoms with Crippen LogP contribution in [0.1, 0.15) is 39.1 Å². The van der Waals surface area contributed by atoms with Crippen LogP contribution < -0.4 is 4.74 Å². The number of hydrogen-bond donors (Lipinski definition) is 0. The summed E-state index contributed by atoms with van der Waals surface area (Å²) in [7, 11) is 1.37. The van der Waals surface area contributed by atoms with Crippen molar-refractivity contribution in [3.63, 3.8) is 0 Å². The molecule has 0 amide bonds. The standard InChI is InChI=1S/C16H15ClF2OS/c1-20-10-7-11(18)15(12(19)8-10)16(17)14-6-9-4-2-3-5-13(9)21-14/h6-8,16H,2-5H2,1H3. The monoisotopic (exact) mass is 328 g/mol. The van der Waals surface area contributed by atoms with Crippen LogP contribution in [0.5, 0.6) is 5.75 Å². The van der Waals surface area contributed by atoms with Gasteiger partial charge in [0.05, 0.1) is 12.5 Å². The lowest BCUT2D eigenvalue weighted by Gasteiger charge is -2.11. The summed E-state index contributed by atoms with van der Waals surface area (Å²) in [6.45, 7) is 0. The summed E-state index contributed by atoms with van der Waals surface area (Å²) in [6, 6.07) is 4.34. The van der Waals surface area contributed by atoms with Gasteiger partial charge in [-0.1, -0.05) is 0 Å². The van der Waals surface area contributed by atoms with E-state index in [0.717, 1.165) is 17.7 Å². The maximum atomic E-state index is 14.1. The smallest absolute Gasteiger partial charge is 0.134 e. The number of thiophene rings is 1. The third-order valence-electron chi connectivity index (χ3n) is 3.81. The van der Waals surface area contributed by atoms with E-state index in [4.69, 9.17) is 16.3 Å². The van der Waals surface area contributed by atoms with Crippen molar-refractivity contribution in [2.45, 2.75) is 31.1 Å². The Morgan fingerprint density at radius 2 is 1.81 bits per heavy atom. The molecule has 5 heteroatoms. The van der Waals surface area contributed by atoms with Crippen LogP contribution >= 0.6 is 22.9 Å². The minimum atomic E-state index is -0.800. The number of methoxy groups -OCH3 is 1. The number of aryl methyl sites for hydroxylation is 2. The SMILES string of the molecule is COc1cc(F)c(C(Cl)c2cc3c(s2)CCCC3)c(F)c1. The summed E-state index contributed by atoms with van der Waals surface area (Å²) < 4.78 is 33.1. The number of fused-ring (bicyclic) bond motifs is 1. The highest BCUT2D eigenvalue weighted by Crippen LogP contribution is 2.40. The lowest BCUT2D eigenvalue weighted by atomic mass is 9.98. The molecule has 1 aliphatic rings. The largest absolute Gasteiger partial charge is 0.497 e. The molecule has 1 aromatic heterocycles. The predicted molar refractivity (Wildman–Crippen MR) is 81.6 cm³/mol. The molecule has 0 spiro atoms. The van der Waals surface area contributed by atoms with Crippen molar-refractivity contribution in [2.24, 2.45) is 0 Å². The number of halogens is 3. The highest BCUT2D eigenvalue weighted by Gasteiger charge is 2.24. The highest BCUT2D eigenvalue weighted by molar-refractivity contribution is 7.12. The van der Waals surface area contributed by atoms with E-state index < -0.39 is 17.0 Å². The average molecular weight is 329 g/mol. The summed E-state index contributed by atoms with van der Waals surface area (Å²) in [5, 5.41) is -0.800. The van der Waals surface area contributed by atoms with Crippen LogP contribution in [0.4, 0.5) is 8.78 Å². The number of hydrogen-bond acceptors (Lipinski definition) is 2. The third kappa shape index (κ3) is 2.79. The molecule has 0 bridgehead atoms. The molecule has 0 saturated heterocycles. The van der Waals surface area contributed by atoms with Gasteiger partial charge in [0.25, 0.3) is 0 Å². The van der Waals surface area contributed by atoms with Gasteiger partial charge in [-0.3, -0.25) is 0 Å². The second-order valence-corrected chi connectivity index (χ2v) is 6.78. The lowest BCUT2D eigenvalue weighted by Crippen LogP contribution is -2.01. The second kappa shape index (κ2) is 5.93. The molecular formula is C16H15ClF2OS. The Morgan fingerprint density at radius 1 is 1.14 bits per heavy atom. The van der Waals surface area contributed by atoms with E-state index >= 15 is 0 Å². The first-order chi connectivity index (χ1) is 10.1. The van der Waals surface area contributed by atoms with Crippen molar-refractivity contribution in [3.05, 3.63) is 50.7 Å². The molecule has 1 unspecified atom stereocenters. The topological polar surface area (TPSA) is 9.23 Å². The van der Waals surface area contributed by atoms with E-state index in [1.54, 1.807) is 11.3 Å². The number of ether oxygens (including phenoxy) is 1. The summed E-state index contributed by atoms with van der Waals surface area (Å²) in [6.07, 6.45) is 4.41. The molecule has 0 N–H and O–H groups in total. The maximum absolute atomic E-state index is 14.1. The van der Waals surface area contributed by atoms with Crippen molar-refractivity contribution < 1.29 is 13.5 Å². The van der Waals surface area contributed by atoms with Gasteiger partial charge in [0.1, 0.15) is 17.4 Å². The Labute approximate surface area is 131 Å². The molecule has 1 nitrogen and oxygen atoms in total. The van der Waals surface area contributed by atoms with Gasteiger partial charge in [-0.2, -0.15) is 0 Å². The molecule has 1 atom stereocenters. The molecule has 0 radical (unpaired) electrons. The Kier molecular flexibility index (Phi) is 4.18. The molecular weight excluding hydrogens is 314 g/mol. The van der Waals surface area contributed by atoms with Crippen LogP contribution in [0.3, 0.4) is 0 Å². The van der Waals surface area contributed by atoms with Crippen LogP contribution in [-0.4, -0.2) is 7.11 Å². The van der Waals surface area contributed by atoms with Crippen molar-refractivity contribution >= 4 is 22.9 Å². The van der Waals surface area contributed by atoms with Crippen LogP contribution in [0.15, 0.2) is 18.2 Å². The Hall–Kier alpha value is -1.13. The molecule has 112 valence electrons. The first kappa shape index (κ1) is 14.8. The van der Waals surface area contributed by atoms with Gasteiger partial charge in [0.2, 0.25) is 0 Å². The fourth-order valence-electron chi connectivity index (χ4n) is 2.70. The summed E-state index contributed by atoms with van der Waals surface area (Å²) in [4.78, 5) is 2.11. The molecule has 2 aromatic rings. The molecule has 0 fully saturated rings. The number of rotatable bonds is 3. The molecule has 3 rings (SSSR count).